The van der Waals surface area contributed by atoms with Gasteiger partial charge in [0.05, 0.1) is 13.2 Å². The maximum absolute atomic E-state index is 5.75. The van der Waals surface area contributed by atoms with Gasteiger partial charge in [-0.2, -0.15) is 0 Å². The lowest BCUT2D eigenvalue weighted by molar-refractivity contribution is 0.282. The second-order valence-corrected chi connectivity index (χ2v) is 4.30. The van der Waals surface area contributed by atoms with Crippen LogP contribution in [0.25, 0.3) is 11.3 Å². The molecule has 0 radical (unpaired) electrons. The second-order valence-electron chi connectivity index (χ2n) is 4.30. The molecule has 1 aliphatic rings. The molecule has 2 aromatic rings. The van der Waals surface area contributed by atoms with E-state index in [1.807, 2.05) is 18.2 Å². The number of aromatic nitrogens is 1. The Bertz CT molecular complexity index is 561. The van der Waals surface area contributed by atoms with E-state index < -0.39 is 0 Å². The van der Waals surface area contributed by atoms with Crippen LogP contribution in [0.2, 0.25) is 0 Å². The van der Waals surface area contributed by atoms with Crippen LogP contribution in [0.15, 0.2) is 28.8 Å². The Labute approximate surface area is 104 Å². The predicted molar refractivity (Wildman–Crippen MR) is 66.6 cm³/mol. The lowest BCUT2D eigenvalue weighted by Gasteiger charge is -2.10. The third-order valence-corrected chi connectivity index (χ3v) is 2.79. The van der Waals surface area contributed by atoms with Crippen LogP contribution in [0.3, 0.4) is 0 Å². The molecule has 0 unspecified atom stereocenters. The van der Waals surface area contributed by atoms with Gasteiger partial charge in [-0.25, -0.2) is 0 Å². The summed E-state index contributed by atoms with van der Waals surface area (Å²) in [5.41, 5.74) is 6.39. The van der Waals surface area contributed by atoms with E-state index in [2.05, 4.69) is 5.16 Å². The van der Waals surface area contributed by atoms with Crippen molar-refractivity contribution in [1.82, 2.24) is 5.16 Å². The Morgan fingerprint density at radius 1 is 1.28 bits per heavy atom. The van der Waals surface area contributed by atoms with E-state index in [4.69, 9.17) is 19.7 Å². The number of ether oxygens (including phenoxy) is 2. The maximum Gasteiger partial charge on any atom is 0.169 e. The maximum atomic E-state index is 5.75. The fourth-order valence-corrected chi connectivity index (χ4v) is 1.71. The number of anilines is 1. The molecule has 0 saturated heterocycles. The highest BCUT2D eigenvalue weighted by Gasteiger charge is 2.25. The van der Waals surface area contributed by atoms with Crippen LogP contribution >= 0.6 is 0 Å². The predicted octanol–water partition coefficient (Wildman–Crippen LogP) is 2.47. The highest BCUT2D eigenvalue weighted by atomic mass is 16.5. The van der Waals surface area contributed by atoms with Crippen LogP contribution in [0.1, 0.15) is 12.8 Å². The van der Waals surface area contributed by atoms with Crippen molar-refractivity contribution >= 4 is 5.82 Å². The quantitative estimate of drug-likeness (QED) is 0.897. The molecular formula is C13H14N2O3. The van der Waals surface area contributed by atoms with Crippen molar-refractivity contribution in [1.29, 1.82) is 0 Å². The van der Waals surface area contributed by atoms with Crippen LogP contribution in [0, 0.1) is 0 Å². The Hall–Kier alpha value is -2.17. The largest absolute Gasteiger partial charge is 0.493 e. The number of hydrogen-bond acceptors (Lipinski definition) is 5. The molecule has 1 aromatic carbocycles. The first-order chi connectivity index (χ1) is 8.76. The first-order valence-corrected chi connectivity index (χ1v) is 5.83. The lowest BCUT2D eigenvalue weighted by Crippen LogP contribution is -1.98. The minimum absolute atomic E-state index is 0.339. The fourth-order valence-electron chi connectivity index (χ4n) is 1.71. The summed E-state index contributed by atoms with van der Waals surface area (Å²) < 4.78 is 16.2. The average molecular weight is 246 g/mol. The molecule has 1 saturated carbocycles. The monoisotopic (exact) mass is 246 g/mol. The standard InChI is InChI=1S/C13H14N2O3/c1-16-12-6-8(11-7-13(14)15-18-11)2-5-10(12)17-9-3-4-9/h2,5-7,9H,3-4H2,1H3,(H2,14,15). The summed E-state index contributed by atoms with van der Waals surface area (Å²) in [5, 5.41) is 3.66. The highest BCUT2D eigenvalue weighted by Crippen LogP contribution is 2.36. The summed E-state index contributed by atoms with van der Waals surface area (Å²) in [4.78, 5) is 0. The minimum atomic E-state index is 0.339. The first kappa shape index (κ1) is 11.0. The number of nitrogens with two attached hydrogens (primary N) is 1. The van der Waals surface area contributed by atoms with Gasteiger partial charge in [0, 0.05) is 11.6 Å². The second kappa shape index (κ2) is 4.25. The number of nitrogen functional groups attached to an aromatic ring is 1. The van der Waals surface area contributed by atoms with Crippen LogP contribution < -0.4 is 15.2 Å². The van der Waals surface area contributed by atoms with Crippen LogP contribution in [0.4, 0.5) is 5.82 Å². The van der Waals surface area contributed by atoms with E-state index in [1.165, 1.54) is 0 Å². The Morgan fingerprint density at radius 3 is 2.72 bits per heavy atom. The Kier molecular flexibility index (Phi) is 2.59. The molecule has 0 amide bonds. The van der Waals surface area contributed by atoms with Gasteiger partial charge in [-0.05, 0) is 31.0 Å². The van der Waals surface area contributed by atoms with Gasteiger partial charge in [0.2, 0.25) is 0 Å². The molecule has 5 heteroatoms. The van der Waals surface area contributed by atoms with Crippen molar-refractivity contribution in [2.24, 2.45) is 0 Å². The van der Waals surface area contributed by atoms with Crippen LogP contribution in [0.5, 0.6) is 11.5 Å². The van der Waals surface area contributed by atoms with E-state index >= 15 is 0 Å². The smallest absolute Gasteiger partial charge is 0.169 e. The average Bonchev–Trinajstić information content (AvgIpc) is 3.09. The number of nitrogens with zero attached hydrogens (tertiary/aromatic N) is 1. The van der Waals surface area contributed by atoms with E-state index in [0.717, 1.165) is 24.2 Å². The molecule has 1 fully saturated rings. The van der Waals surface area contributed by atoms with Gasteiger partial charge >= 0.3 is 0 Å². The van der Waals surface area contributed by atoms with Crippen molar-refractivity contribution in [2.45, 2.75) is 18.9 Å². The van der Waals surface area contributed by atoms with Gasteiger partial charge in [-0.1, -0.05) is 5.16 Å². The lowest BCUT2D eigenvalue weighted by atomic mass is 10.1. The van der Waals surface area contributed by atoms with E-state index in [0.29, 0.717) is 23.4 Å². The number of rotatable bonds is 4. The molecule has 18 heavy (non-hydrogen) atoms. The zero-order valence-corrected chi connectivity index (χ0v) is 10.1. The summed E-state index contributed by atoms with van der Waals surface area (Å²) in [6, 6.07) is 7.32. The third kappa shape index (κ3) is 2.11. The van der Waals surface area contributed by atoms with Crippen molar-refractivity contribution in [3.63, 3.8) is 0 Å². The summed E-state index contributed by atoms with van der Waals surface area (Å²) in [7, 11) is 1.62. The fraction of sp³-hybridized carbons (Fsp3) is 0.308. The zero-order chi connectivity index (χ0) is 12.5. The molecule has 1 aromatic heterocycles. The minimum Gasteiger partial charge on any atom is -0.493 e. The molecular weight excluding hydrogens is 232 g/mol. The Morgan fingerprint density at radius 2 is 2.11 bits per heavy atom. The summed E-state index contributed by atoms with van der Waals surface area (Å²) in [6.07, 6.45) is 2.57. The SMILES string of the molecule is COc1cc(-c2cc(N)no2)ccc1OC1CC1. The molecule has 0 atom stereocenters. The van der Waals surface area contributed by atoms with Gasteiger partial charge in [-0.15, -0.1) is 0 Å². The molecule has 0 spiro atoms. The molecule has 1 aliphatic carbocycles. The molecule has 5 nitrogen and oxygen atoms in total. The Balaban J connectivity index is 1.92. The van der Waals surface area contributed by atoms with Crippen LogP contribution in [-0.2, 0) is 0 Å². The van der Waals surface area contributed by atoms with Gasteiger partial charge < -0.3 is 19.7 Å². The number of hydrogen-bond donors (Lipinski definition) is 1. The molecule has 2 N–H and O–H groups in total. The van der Waals surface area contributed by atoms with Crippen molar-refractivity contribution in [3.05, 3.63) is 24.3 Å². The van der Waals surface area contributed by atoms with Gasteiger partial charge in [-0.3, -0.25) is 0 Å². The number of benzene rings is 1. The van der Waals surface area contributed by atoms with Gasteiger partial charge in [0.15, 0.2) is 23.1 Å². The van der Waals surface area contributed by atoms with Crippen LogP contribution in [-0.4, -0.2) is 18.4 Å². The van der Waals surface area contributed by atoms with E-state index in [-0.39, 0.29) is 0 Å². The van der Waals surface area contributed by atoms with Gasteiger partial charge in [0.1, 0.15) is 0 Å². The molecule has 0 aliphatic heterocycles. The highest BCUT2D eigenvalue weighted by molar-refractivity contribution is 5.64. The zero-order valence-electron chi connectivity index (χ0n) is 10.1. The van der Waals surface area contributed by atoms with Gasteiger partial charge in [0.25, 0.3) is 0 Å². The summed E-state index contributed by atoms with van der Waals surface area (Å²) in [6.45, 7) is 0. The third-order valence-electron chi connectivity index (χ3n) is 2.79. The molecule has 1 heterocycles. The molecule has 0 bridgehead atoms. The van der Waals surface area contributed by atoms with E-state index in [1.54, 1.807) is 13.2 Å². The normalized spacial score (nSPS) is 14.5. The topological polar surface area (TPSA) is 70.5 Å². The molecule has 3 rings (SSSR count). The van der Waals surface area contributed by atoms with Crippen molar-refractivity contribution in [2.75, 3.05) is 12.8 Å². The molecule has 94 valence electrons. The summed E-state index contributed by atoms with van der Waals surface area (Å²) >= 11 is 0. The van der Waals surface area contributed by atoms with E-state index in [9.17, 15) is 0 Å². The summed E-state index contributed by atoms with van der Waals surface area (Å²) in [5.74, 6) is 2.43. The van der Waals surface area contributed by atoms with Crippen molar-refractivity contribution < 1.29 is 14.0 Å². The number of methoxy groups -OCH3 is 1. The first-order valence-electron chi connectivity index (χ1n) is 5.83. The van der Waals surface area contributed by atoms with Crippen molar-refractivity contribution in [3.8, 4) is 22.8 Å².